The molecule has 1 aliphatic rings. The van der Waals surface area contributed by atoms with Crippen molar-refractivity contribution in [2.24, 2.45) is 4.99 Å². The predicted molar refractivity (Wildman–Crippen MR) is 101 cm³/mol. The van der Waals surface area contributed by atoms with Crippen LogP contribution in [0.1, 0.15) is 5.56 Å². The summed E-state index contributed by atoms with van der Waals surface area (Å²) < 4.78 is 5.22. The maximum Gasteiger partial charge on any atom is 0.266 e. The highest BCUT2D eigenvalue weighted by atomic mass is 32.2. The number of hydrogen-bond acceptors (Lipinski definition) is 5. The molecule has 25 heavy (non-hydrogen) atoms. The second-order valence-electron chi connectivity index (χ2n) is 5.30. The number of β-amino-alcohol motifs (C(OH)–C–C–N with tert-alkyl or cyclic N) is 1. The first kappa shape index (κ1) is 17.3. The van der Waals surface area contributed by atoms with Crippen molar-refractivity contribution in [1.82, 2.24) is 4.90 Å². The minimum atomic E-state index is -0.156. The molecule has 3 rings (SSSR count). The SMILES string of the molecule is COc1cccc(/C=C2\SC(=Nc3ccccc3)N(CCO)C2=O)c1. The number of aliphatic hydroxyl groups excluding tert-OH is 1. The summed E-state index contributed by atoms with van der Waals surface area (Å²) >= 11 is 1.31. The van der Waals surface area contributed by atoms with Gasteiger partial charge in [-0.25, -0.2) is 4.99 Å². The zero-order chi connectivity index (χ0) is 17.6. The number of hydrogen-bond donors (Lipinski definition) is 1. The Morgan fingerprint density at radius 3 is 2.72 bits per heavy atom. The molecule has 2 aromatic carbocycles. The van der Waals surface area contributed by atoms with E-state index in [0.29, 0.717) is 10.1 Å². The second-order valence-corrected chi connectivity index (χ2v) is 6.31. The largest absolute Gasteiger partial charge is 0.497 e. The van der Waals surface area contributed by atoms with Crippen LogP contribution in [0.25, 0.3) is 6.08 Å². The number of para-hydroxylation sites is 1. The number of thioether (sulfide) groups is 1. The Kier molecular flexibility index (Phi) is 5.53. The zero-order valence-electron chi connectivity index (χ0n) is 13.8. The molecule has 0 spiro atoms. The molecule has 0 radical (unpaired) electrons. The van der Waals surface area contributed by atoms with Gasteiger partial charge in [0.2, 0.25) is 0 Å². The van der Waals surface area contributed by atoms with Crippen LogP contribution in [0.2, 0.25) is 0 Å². The number of carbonyl (C=O) groups is 1. The van der Waals surface area contributed by atoms with Gasteiger partial charge in [-0.2, -0.15) is 0 Å². The molecule has 0 atom stereocenters. The number of rotatable bonds is 5. The van der Waals surface area contributed by atoms with Crippen LogP contribution in [-0.4, -0.2) is 41.3 Å². The first-order valence-corrected chi connectivity index (χ1v) is 8.63. The van der Waals surface area contributed by atoms with Crippen molar-refractivity contribution in [3.05, 3.63) is 65.1 Å². The van der Waals surface area contributed by atoms with E-state index < -0.39 is 0 Å². The number of aliphatic imine (C=N–C) groups is 1. The molecular weight excluding hydrogens is 336 g/mol. The van der Waals surface area contributed by atoms with Crippen LogP contribution in [0.3, 0.4) is 0 Å². The summed E-state index contributed by atoms with van der Waals surface area (Å²) in [5, 5.41) is 9.85. The van der Waals surface area contributed by atoms with Gasteiger partial charge in [-0.1, -0.05) is 30.3 Å². The van der Waals surface area contributed by atoms with Gasteiger partial charge >= 0.3 is 0 Å². The van der Waals surface area contributed by atoms with Gasteiger partial charge in [0.25, 0.3) is 5.91 Å². The molecular formula is C19H18N2O3S. The van der Waals surface area contributed by atoms with E-state index in [1.165, 1.54) is 16.7 Å². The minimum absolute atomic E-state index is 0.119. The molecule has 1 aliphatic heterocycles. The molecule has 5 nitrogen and oxygen atoms in total. The summed E-state index contributed by atoms with van der Waals surface area (Å²) in [5.41, 5.74) is 1.64. The van der Waals surface area contributed by atoms with Gasteiger partial charge in [-0.3, -0.25) is 9.69 Å². The molecule has 0 unspecified atom stereocenters. The van der Waals surface area contributed by atoms with Crippen molar-refractivity contribution in [3.8, 4) is 5.75 Å². The maximum absolute atomic E-state index is 12.7. The normalized spacial score (nSPS) is 17.5. The quantitative estimate of drug-likeness (QED) is 0.837. The van der Waals surface area contributed by atoms with Gasteiger partial charge in [0.1, 0.15) is 5.75 Å². The summed E-state index contributed by atoms with van der Waals surface area (Å²) in [5.74, 6) is 0.576. The van der Waals surface area contributed by atoms with Crippen LogP contribution in [0, 0.1) is 0 Å². The van der Waals surface area contributed by atoms with Crippen LogP contribution < -0.4 is 4.74 Å². The van der Waals surface area contributed by atoms with Gasteiger partial charge in [-0.15, -0.1) is 0 Å². The highest BCUT2D eigenvalue weighted by Gasteiger charge is 2.32. The maximum atomic E-state index is 12.7. The Morgan fingerprint density at radius 2 is 2.00 bits per heavy atom. The smallest absolute Gasteiger partial charge is 0.266 e. The summed E-state index contributed by atoms with van der Waals surface area (Å²) in [6, 6.07) is 16.9. The number of benzene rings is 2. The average Bonchev–Trinajstić information content (AvgIpc) is 2.92. The third-order valence-electron chi connectivity index (χ3n) is 3.58. The highest BCUT2D eigenvalue weighted by Crippen LogP contribution is 2.34. The van der Waals surface area contributed by atoms with Crippen molar-refractivity contribution < 1.29 is 14.6 Å². The standard InChI is InChI=1S/C19H18N2O3S/c1-24-16-9-5-6-14(12-16)13-17-18(23)21(10-11-22)19(25-17)20-15-7-3-2-4-8-15/h2-9,12-13,22H,10-11H2,1H3/b17-13-,20-19?. The van der Waals surface area contributed by atoms with Crippen LogP contribution in [0.5, 0.6) is 5.75 Å². The third-order valence-corrected chi connectivity index (χ3v) is 4.59. The number of amides is 1. The van der Waals surface area contributed by atoms with Gasteiger partial charge in [0, 0.05) is 0 Å². The lowest BCUT2D eigenvalue weighted by Gasteiger charge is -2.13. The average molecular weight is 354 g/mol. The molecule has 1 amide bonds. The molecule has 6 heteroatoms. The molecule has 128 valence electrons. The molecule has 2 aromatic rings. The van der Waals surface area contributed by atoms with E-state index in [-0.39, 0.29) is 19.1 Å². The van der Waals surface area contributed by atoms with Gasteiger partial charge in [-0.05, 0) is 47.7 Å². The van der Waals surface area contributed by atoms with Crippen molar-refractivity contribution in [2.45, 2.75) is 0 Å². The third kappa shape index (κ3) is 4.10. The Morgan fingerprint density at radius 1 is 1.20 bits per heavy atom. The lowest BCUT2D eigenvalue weighted by molar-refractivity contribution is -0.122. The molecule has 0 bridgehead atoms. The van der Waals surface area contributed by atoms with E-state index in [2.05, 4.69) is 4.99 Å². The molecule has 1 N–H and O–H groups in total. The van der Waals surface area contributed by atoms with E-state index in [4.69, 9.17) is 4.74 Å². The fourth-order valence-corrected chi connectivity index (χ4v) is 3.41. The number of nitrogens with zero attached hydrogens (tertiary/aromatic N) is 2. The van der Waals surface area contributed by atoms with E-state index in [1.54, 1.807) is 7.11 Å². The first-order chi connectivity index (χ1) is 12.2. The Hall–Kier alpha value is -2.57. The summed E-state index contributed by atoms with van der Waals surface area (Å²) in [7, 11) is 1.61. The number of aliphatic hydroxyl groups is 1. The van der Waals surface area contributed by atoms with Crippen LogP contribution >= 0.6 is 11.8 Å². The minimum Gasteiger partial charge on any atom is -0.497 e. The van der Waals surface area contributed by atoms with Crippen molar-refractivity contribution in [1.29, 1.82) is 0 Å². The molecule has 1 saturated heterocycles. The van der Waals surface area contributed by atoms with Crippen molar-refractivity contribution >= 4 is 34.6 Å². The molecule has 1 fully saturated rings. The van der Waals surface area contributed by atoms with Crippen molar-refractivity contribution in [3.63, 3.8) is 0 Å². The lowest BCUT2D eigenvalue weighted by Crippen LogP contribution is -2.31. The fourth-order valence-electron chi connectivity index (χ4n) is 2.38. The van der Waals surface area contributed by atoms with Crippen LogP contribution in [-0.2, 0) is 4.79 Å². The van der Waals surface area contributed by atoms with E-state index in [9.17, 15) is 9.90 Å². The molecule has 0 aromatic heterocycles. The van der Waals surface area contributed by atoms with E-state index in [1.807, 2.05) is 60.7 Å². The first-order valence-electron chi connectivity index (χ1n) is 7.81. The van der Waals surface area contributed by atoms with E-state index >= 15 is 0 Å². The Balaban J connectivity index is 1.93. The summed E-state index contributed by atoms with van der Waals surface area (Å²) in [6.45, 7) is 0.0967. The molecule has 0 aliphatic carbocycles. The second kappa shape index (κ2) is 8.00. The Labute approximate surface area is 150 Å². The fraction of sp³-hybridized carbons (Fsp3) is 0.158. The zero-order valence-corrected chi connectivity index (χ0v) is 14.6. The number of methoxy groups -OCH3 is 1. The summed E-state index contributed by atoms with van der Waals surface area (Å²) in [6.07, 6.45) is 1.81. The molecule has 0 saturated carbocycles. The lowest BCUT2D eigenvalue weighted by atomic mass is 10.2. The predicted octanol–water partition coefficient (Wildman–Crippen LogP) is 3.29. The monoisotopic (exact) mass is 354 g/mol. The van der Waals surface area contributed by atoms with Gasteiger partial charge in [0.15, 0.2) is 5.17 Å². The molecule has 1 heterocycles. The van der Waals surface area contributed by atoms with Gasteiger partial charge in [0.05, 0.1) is 30.9 Å². The number of ether oxygens (including phenoxy) is 1. The Bertz CT molecular complexity index is 818. The van der Waals surface area contributed by atoms with Crippen LogP contribution in [0.15, 0.2) is 64.5 Å². The topological polar surface area (TPSA) is 62.1 Å². The summed E-state index contributed by atoms with van der Waals surface area (Å²) in [4.78, 5) is 19.3. The van der Waals surface area contributed by atoms with Gasteiger partial charge < -0.3 is 9.84 Å². The number of amidine groups is 1. The highest BCUT2D eigenvalue weighted by molar-refractivity contribution is 8.18. The number of carbonyl (C=O) groups excluding carboxylic acids is 1. The van der Waals surface area contributed by atoms with Crippen molar-refractivity contribution in [2.75, 3.05) is 20.3 Å². The van der Waals surface area contributed by atoms with E-state index in [0.717, 1.165) is 17.0 Å². The van der Waals surface area contributed by atoms with Crippen LogP contribution in [0.4, 0.5) is 5.69 Å².